The Bertz CT molecular complexity index is 430. The van der Waals surface area contributed by atoms with Gasteiger partial charge in [-0.05, 0) is 44.2 Å². The molecule has 1 aromatic carbocycles. The molecule has 19 heavy (non-hydrogen) atoms. The quantitative estimate of drug-likeness (QED) is 0.895. The second-order valence-corrected chi connectivity index (χ2v) is 5.62. The molecule has 0 saturated heterocycles. The molecule has 3 nitrogen and oxygen atoms in total. The molecule has 1 saturated carbocycles. The first-order valence-corrected chi connectivity index (χ1v) is 7.27. The molecule has 4 heteroatoms. The summed E-state index contributed by atoms with van der Waals surface area (Å²) in [6.07, 6.45) is 4.99. The van der Waals surface area contributed by atoms with Crippen LogP contribution in [-0.4, -0.2) is 19.8 Å². The Kier molecular flexibility index (Phi) is 4.94. The van der Waals surface area contributed by atoms with E-state index in [9.17, 15) is 0 Å². The molecule has 1 atom stereocenters. The minimum absolute atomic E-state index is 0.198. The van der Waals surface area contributed by atoms with Gasteiger partial charge < -0.3 is 15.2 Å². The van der Waals surface area contributed by atoms with Crippen LogP contribution in [0.4, 0.5) is 0 Å². The lowest BCUT2D eigenvalue weighted by atomic mass is 9.99. The number of nitrogens with two attached hydrogens (primary N) is 1. The highest BCUT2D eigenvalue weighted by Gasteiger charge is 2.23. The van der Waals surface area contributed by atoms with E-state index in [0.717, 1.165) is 24.2 Å². The van der Waals surface area contributed by atoms with Crippen molar-refractivity contribution in [3.05, 3.63) is 22.7 Å². The zero-order valence-corrected chi connectivity index (χ0v) is 12.4. The number of hydrogen-bond acceptors (Lipinski definition) is 3. The van der Waals surface area contributed by atoms with Gasteiger partial charge in [0.15, 0.2) is 11.5 Å². The van der Waals surface area contributed by atoms with Gasteiger partial charge in [-0.15, -0.1) is 0 Å². The maximum atomic E-state index is 6.17. The van der Waals surface area contributed by atoms with Crippen molar-refractivity contribution >= 4 is 11.6 Å². The predicted molar refractivity (Wildman–Crippen MR) is 78.4 cm³/mol. The van der Waals surface area contributed by atoms with Crippen LogP contribution in [0.1, 0.15) is 44.1 Å². The number of methoxy groups -OCH3 is 1. The Morgan fingerprint density at radius 2 is 2.05 bits per heavy atom. The fourth-order valence-electron chi connectivity index (χ4n) is 2.53. The standard InChI is InChI=1S/C15H22ClNO2/c1-10(9-17)13-7-11(16)8-14(18-2)15(13)19-12-5-3-4-6-12/h7-8,10,12H,3-6,9,17H2,1-2H3. The van der Waals surface area contributed by atoms with Crippen molar-refractivity contribution in [2.45, 2.75) is 44.6 Å². The number of ether oxygens (including phenoxy) is 2. The average Bonchev–Trinajstić information content (AvgIpc) is 2.92. The van der Waals surface area contributed by atoms with E-state index in [4.69, 9.17) is 26.8 Å². The summed E-state index contributed by atoms with van der Waals surface area (Å²) in [7, 11) is 1.64. The summed E-state index contributed by atoms with van der Waals surface area (Å²) in [4.78, 5) is 0. The zero-order chi connectivity index (χ0) is 13.8. The molecule has 0 amide bonds. The second kappa shape index (κ2) is 6.49. The van der Waals surface area contributed by atoms with Crippen LogP contribution in [0.15, 0.2) is 12.1 Å². The lowest BCUT2D eigenvalue weighted by Gasteiger charge is -2.22. The molecule has 2 rings (SSSR count). The Hall–Kier alpha value is -0.930. The molecule has 1 aromatic rings. The van der Waals surface area contributed by atoms with Crippen LogP contribution in [0.25, 0.3) is 0 Å². The van der Waals surface area contributed by atoms with E-state index < -0.39 is 0 Å². The van der Waals surface area contributed by atoms with Gasteiger partial charge in [-0.1, -0.05) is 18.5 Å². The molecule has 0 radical (unpaired) electrons. The summed E-state index contributed by atoms with van der Waals surface area (Å²) in [6, 6.07) is 3.74. The Balaban J connectivity index is 2.35. The van der Waals surface area contributed by atoms with Gasteiger partial charge in [0, 0.05) is 16.7 Å². The van der Waals surface area contributed by atoms with E-state index in [0.29, 0.717) is 23.4 Å². The first-order valence-electron chi connectivity index (χ1n) is 6.89. The first kappa shape index (κ1) is 14.5. The summed E-state index contributed by atoms with van der Waals surface area (Å²) in [5, 5.41) is 0.658. The Labute approximate surface area is 120 Å². The number of rotatable bonds is 5. The van der Waals surface area contributed by atoms with Crippen molar-refractivity contribution in [2.75, 3.05) is 13.7 Å². The highest BCUT2D eigenvalue weighted by molar-refractivity contribution is 6.30. The molecule has 106 valence electrons. The van der Waals surface area contributed by atoms with Gasteiger partial charge in [0.05, 0.1) is 13.2 Å². The zero-order valence-electron chi connectivity index (χ0n) is 11.6. The number of hydrogen-bond donors (Lipinski definition) is 1. The van der Waals surface area contributed by atoms with Gasteiger partial charge in [-0.2, -0.15) is 0 Å². The molecule has 1 aliphatic carbocycles. The minimum atomic E-state index is 0.198. The fourth-order valence-corrected chi connectivity index (χ4v) is 2.75. The van der Waals surface area contributed by atoms with E-state index >= 15 is 0 Å². The van der Waals surface area contributed by atoms with Crippen molar-refractivity contribution in [3.8, 4) is 11.5 Å². The van der Waals surface area contributed by atoms with E-state index in [2.05, 4.69) is 6.92 Å². The predicted octanol–water partition coefficient (Wildman–Crippen LogP) is 3.73. The lowest BCUT2D eigenvalue weighted by molar-refractivity contribution is 0.198. The van der Waals surface area contributed by atoms with Gasteiger partial charge in [0.2, 0.25) is 0 Å². The van der Waals surface area contributed by atoms with Crippen molar-refractivity contribution in [1.29, 1.82) is 0 Å². The minimum Gasteiger partial charge on any atom is -0.493 e. The Morgan fingerprint density at radius 1 is 1.37 bits per heavy atom. The largest absolute Gasteiger partial charge is 0.493 e. The molecule has 0 bridgehead atoms. The van der Waals surface area contributed by atoms with E-state index in [1.807, 2.05) is 6.07 Å². The van der Waals surface area contributed by atoms with E-state index in [1.54, 1.807) is 13.2 Å². The van der Waals surface area contributed by atoms with Crippen molar-refractivity contribution in [2.24, 2.45) is 5.73 Å². The molecule has 0 aliphatic heterocycles. The monoisotopic (exact) mass is 283 g/mol. The van der Waals surface area contributed by atoms with Crippen molar-refractivity contribution in [3.63, 3.8) is 0 Å². The third kappa shape index (κ3) is 3.34. The van der Waals surface area contributed by atoms with Crippen LogP contribution in [0, 0.1) is 0 Å². The third-order valence-electron chi connectivity index (χ3n) is 3.74. The molecule has 0 spiro atoms. The Morgan fingerprint density at radius 3 is 2.63 bits per heavy atom. The molecule has 0 aromatic heterocycles. The second-order valence-electron chi connectivity index (χ2n) is 5.19. The molecule has 1 unspecified atom stereocenters. The van der Waals surface area contributed by atoms with Crippen LogP contribution < -0.4 is 15.2 Å². The number of benzene rings is 1. The van der Waals surface area contributed by atoms with Crippen LogP contribution in [0.3, 0.4) is 0 Å². The topological polar surface area (TPSA) is 44.5 Å². The van der Waals surface area contributed by atoms with Crippen LogP contribution >= 0.6 is 11.6 Å². The summed E-state index contributed by atoms with van der Waals surface area (Å²) in [5.41, 5.74) is 6.82. The van der Waals surface area contributed by atoms with Crippen molar-refractivity contribution in [1.82, 2.24) is 0 Å². The van der Waals surface area contributed by atoms with Crippen LogP contribution in [-0.2, 0) is 0 Å². The maximum absolute atomic E-state index is 6.17. The SMILES string of the molecule is COc1cc(Cl)cc(C(C)CN)c1OC1CCCC1. The molecule has 1 fully saturated rings. The van der Waals surface area contributed by atoms with Gasteiger partial charge in [0.1, 0.15) is 0 Å². The first-order chi connectivity index (χ1) is 9.15. The van der Waals surface area contributed by atoms with E-state index in [1.165, 1.54) is 12.8 Å². The lowest BCUT2D eigenvalue weighted by Crippen LogP contribution is -2.16. The summed E-state index contributed by atoms with van der Waals surface area (Å²) in [5.74, 6) is 1.72. The van der Waals surface area contributed by atoms with Gasteiger partial charge in [-0.25, -0.2) is 0 Å². The number of halogens is 1. The van der Waals surface area contributed by atoms with Crippen LogP contribution in [0.5, 0.6) is 11.5 Å². The van der Waals surface area contributed by atoms with Gasteiger partial charge in [0.25, 0.3) is 0 Å². The normalized spacial score (nSPS) is 17.5. The molecular weight excluding hydrogens is 262 g/mol. The summed E-state index contributed by atoms with van der Waals surface area (Å²) >= 11 is 6.14. The highest BCUT2D eigenvalue weighted by Crippen LogP contribution is 2.40. The van der Waals surface area contributed by atoms with Crippen LogP contribution in [0.2, 0.25) is 5.02 Å². The van der Waals surface area contributed by atoms with Gasteiger partial charge >= 0.3 is 0 Å². The smallest absolute Gasteiger partial charge is 0.165 e. The molecule has 1 aliphatic rings. The fraction of sp³-hybridized carbons (Fsp3) is 0.600. The molecular formula is C15H22ClNO2. The summed E-state index contributed by atoms with van der Waals surface area (Å²) in [6.45, 7) is 2.64. The van der Waals surface area contributed by atoms with Crippen molar-refractivity contribution < 1.29 is 9.47 Å². The molecule has 0 heterocycles. The highest BCUT2D eigenvalue weighted by atomic mass is 35.5. The van der Waals surface area contributed by atoms with E-state index in [-0.39, 0.29) is 5.92 Å². The summed E-state index contributed by atoms with van der Waals surface area (Å²) < 4.78 is 11.6. The third-order valence-corrected chi connectivity index (χ3v) is 3.96. The molecule has 2 N–H and O–H groups in total. The van der Waals surface area contributed by atoms with Gasteiger partial charge in [-0.3, -0.25) is 0 Å². The maximum Gasteiger partial charge on any atom is 0.165 e. The average molecular weight is 284 g/mol.